The molecule has 0 aromatic carbocycles. The molecule has 0 unspecified atom stereocenters. The first kappa shape index (κ1) is 15.0. The van der Waals surface area contributed by atoms with Gasteiger partial charge < -0.3 is 10.2 Å². The van der Waals surface area contributed by atoms with Gasteiger partial charge in [-0.15, -0.1) is 0 Å². The van der Waals surface area contributed by atoms with Crippen LogP contribution >= 0.6 is 0 Å². The van der Waals surface area contributed by atoms with Crippen molar-refractivity contribution >= 4 is 5.91 Å². The monoisotopic (exact) mass is 284 g/mol. The summed E-state index contributed by atoms with van der Waals surface area (Å²) in [5.74, 6) is 0.486. The van der Waals surface area contributed by atoms with Crippen molar-refractivity contribution in [2.75, 3.05) is 13.1 Å². The van der Waals surface area contributed by atoms with Crippen LogP contribution in [0.4, 0.5) is 0 Å². The zero-order chi connectivity index (χ0) is 15.1. The second-order valence-electron chi connectivity index (χ2n) is 5.38. The van der Waals surface area contributed by atoms with Gasteiger partial charge in [0.2, 0.25) is 0 Å². The van der Waals surface area contributed by atoms with Crippen LogP contribution in [0, 0.1) is 17.2 Å². The number of rotatable bonds is 4. The SMILES string of the molecule is CC1CCN(C(=O)/C(C#N)=C\NCc2ccncc2)CC1. The normalized spacial score (nSPS) is 16.4. The van der Waals surface area contributed by atoms with Crippen LogP contribution in [0.2, 0.25) is 0 Å². The predicted octanol–water partition coefficient (Wildman–Crippen LogP) is 1.84. The third-order valence-corrected chi connectivity index (χ3v) is 3.72. The average molecular weight is 284 g/mol. The molecule has 2 heterocycles. The first-order valence-corrected chi connectivity index (χ1v) is 7.22. The van der Waals surface area contributed by atoms with Crippen molar-refractivity contribution in [3.8, 4) is 6.07 Å². The van der Waals surface area contributed by atoms with Crippen molar-refractivity contribution in [2.24, 2.45) is 5.92 Å². The number of likely N-dealkylation sites (tertiary alicyclic amines) is 1. The Morgan fingerprint density at radius 3 is 2.76 bits per heavy atom. The molecular weight excluding hydrogens is 264 g/mol. The van der Waals surface area contributed by atoms with Crippen LogP contribution in [0.1, 0.15) is 25.3 Å². The number of nitriles is 1. The van der Waals surface area contributed by atoms with Gasteiger partial charge in [0, 0.05) is 38.2 Å². The second kappa shape index (κ2) is 7.44. The minimum Gasteiger partial charge on any atom is -0.386 e. The Balaban J connectivity index is 1.91. The lowest BCUT2D eigenvalue weighted by molar-refractivity contribution is -0.128. The fourth-order valence-electron chi connectivity index (χ4n) is 2.30. The Hall–Kier alpha value is -2.35. The van der Waals surface area contributed by atoms with Crippen LogP contribution in [-0.4, -0.2) is 28.9 Å². The number of hydrogen-bond acceptors (Lipinski definition) is 4. The van der Waals surface area contributed by atoms with Crippen molar-refractivity contribution in [3.05, 3.63) is 41.9 Å². The lowest BCUT2D eigenvalue weighted by atomic mass is 9.99. The first-order valence-electron chi connectivity index (χ1n) is 7.22. The smallest absolute Gasteiger partial charge is 0.265 e. The third-order valence-electron chi connectivity index (χ3n) is 3.72. The molecule has 1 amide bonds. The lowest BCUT2D eigenvalue weighted by Gasteiger charge is -2.30. The topological polar surface area (TPSA) is 69.0 Å². The first-order chi connectivity index (χ1) is 10.2. The number of nitrogens with one attached hydrogen (secondary N) is 1. The summed E-state index contributed by atoms with van der Waals surface area (Å²) in [6.45, 7) is 4.24. The van der Waals surface area contributed by atoms with E-state index < -0.39 is 0 Å². The molecule has 5 heteroatoms. The largest absolute Gasteiger partial charge is 0.386 e. The molecule has 110 valence electrons. The van der Waals surface area contributed by atoms with E-state index in [0.29, 0.717) is 12.5 Å². The van der Waals surface area contributed by atoms with E-state index >= 15 is 0 Å². The van der Waals surface area contributed by atoms with E-state index in [1.807, 2.05) is 18.2 Å². The van der Waals surface area contributed by atoms with Gasteiger partial charge in [-0.1, -0.05) is 6.92 Å². The lowest BCUT2D eigenvalue weighted by Crippen LogP contribution is -2.38. The maximum absolute atomic E-state index is 12.3. The van der Waals surface area contributed by atoms with Gasteiger partial charge in [-0.3, -0.25) is 9.78 Å². The maximum Gasteiger partial charge on any atom is 0.265 e. The number of nitrogens with zero attached hydrogens (tertiary/aromatic N) is 3. The molecule has 1 aromatic rings. The van der Waals surface area contributed by atoms with E-state index in [9.17, 15) is 4.79 Å². The number of aromatic nitrogens is 1. The summed E-state index contributed by atoms with van der Waals surface area (Å²) in [6.07, 6.45) is 6.96. The molecule has 0 saturated carbocycles. The summed E-state index contributed by atoms with van der Waals surface area (Å²) in [5, 5.41) is 12.2. The van der Waals surface area contributed by atoms with Crippen molar-refractivity contribution in [3.63, 3.8) is 0 Å². The van der Waals surface area contributed by atoms with Crippen molar-refractivity contribution in [1.29, 1.82) is 5.26 Å². The number of piperidine rings is 1. The number of pyridine rings is 1. The van der Waals surface area contributed by atoms with Crippen LogP contribution in [0.5, 0.6) is 0 Å². The zero-order valence-electron chi connectivity index (χ0n) is 12.2. The van der Waals surface area contributed by atoms with Gasteiger partial charge in [-0.2, -0.15) is 5.26 Å². The number of carbonyl (C=O) groups is 1. The molecule has 5 nitrogen and oxygen atoms in total. The standard InChI is InChI=1S/C16H20N4O/c1-13-4-8-20(9-5-13)16(21)15(10-17)12-19-11-14-2-6-18-7-3-14/h2-3,6-7,12-13,19H,4-5,8-9,11H2,1H3/b15-12-. The quantitative estimate of drug-likeness (QED) is 0.676. The molecule has 1 aliphatic heterocycles. The molecule has 1 aromatic heterocycles. The van der Waals surface area contributed by atoms with Gasteiger partial charge in [0.25, 0.3) is 5.91 Å². The highest BCUT2D eigenvalue weighted by atomic mass is 16.2. The van der Waals surface area contributed by atoms with Gasteiger partial charge in [-0.05, 0) is 36.5 Å². The van der Waals surface area contributed by atoms with Gasteiger partial charge >= 0.3 is 0 Å². The minimum atomic E-state index is -0.174. The molecule has 0 radical (unpaired) electrons. The molecule has 1 saturated heterocycles. The molecule has 0 aliphatic carbocycles. The Bertz CT molecular complexity index is 539. The molecule has 1 fully saturated rings. The predicted molar refractivity (Wildman–Crippen MR) is 79.8 cm³/mol. The molecule has 0 bridgehead atoms. The van der Waals surface area contributed by atoms with Crippen molar-refractivity contribution < 1.29 is 4.79 Å². The molecule has 21 heavy (non-hydrogen) atoms. The van der Waals surface area contributed by atoms with E-state index in [-0.39, 0.29) is 11.5 Å². The Morgan fingerprint density at radius 1 is 1.48 bits per heavy atom. The summed E-state index contributed by atoms with van der Waals surface area (Å²) in [6, 6.07) is 5.77. The maximum atomic E-state index is 12.3. The van der Waals surface area contributed by atoms with Crippen LogP contribution in [0.25, 0.3) is 0 Å². The highest BCUT2D eigenvalue weighted by molar-refractivity contribution is 5.97. The molecule has 0 spiro atoms. The summed E-state index contributed by atoms with van der Waals surface area (Å²) >= 11 is 0. The fourth-order valence-corrected chi connectivity index (χ4v) is 2.30. The van der Waals surface area contributed by atoms with Gasteiger partial charge in [-0.25, -0.2) is 0 Å². The summed E-state index contributed by atoms with van der Waals surface area (Å²) in [7, 11) is 0. The van der Waals surface area contributed by atoms with Gasteiger partial charge in [0.1, 0.15) is 11.6 Å². The van der Waals surface area contributed by atoms with E-state index in [0.717, 1.165) is 31.5 Å². The summed E-state index contributed by atoms with van der Waals surface area (Å²) in [5.41, 5.74) is 1.22. The highest BCUT2D eigenvalue weighted by Crippen LogP contribution is 2.17. The van der Waals surface area contributed by atoms with Crippen LogP contribution in [-0.2, 0) is 11.3 Å². The van der Waals surface area contributed by atoms with Crippen molar-refractivity contribution in [1.82, 2.24) is 15.2 Å². The van der Waals surface area contributed by atoms with Crippen molar-refractivity contribution in [2.45, 2.75) is 26.3 Å². The van der Waals surface area contributed by atoms with Gasteiger partial charge in [0.15, 0.2) is 0 Å². The van der Waals surface area contributed by atoms with Crippen LogP contribution in [0.3, 0.4) is 0 Å². The van der Waals surface area contributed by atoms with Gasteiger partial charge in [0.05, 0.1) is 0 Å². The number of carbonyl (C=O) groups excluding carboxylic acids is 1. The van der Waals surface area contributed by atoms with Crippen LogP contribution < -0.4 is 5.32 Å². The van der Waals surface area contributed by atoms with E-state index in [1.54, 1.807) is 17.3 Å². The highest BCUT2D eigenvalue weighted by Gasteiger charge is 2.22. The second-order valence-corrected chi connectivity index (χ2v) is 5.38. The Kier molecular flexibility index (Phi) is 5.33. The van der Waals surface area contributed by atoms with E-state index in [4.69, 9.17) is 5.26 Å². The molecule has 2 rings (SSSR count). The fraction of sp³-hybridized carbons (Fsp3) is 0.438. The third kappa shape index (κ3) is 4.32. The molecule has 0 atom stereocenters. The number of hydrogen-bond donors (Lipinski definition) is 1. The average Bonchev–Trinajstić information content (AvgIpc) is 2.53. The summed E-state index contributed by atoms with van der Waals surface area (Å²) < 4.78 is 0. The molecule has 1 aliphatic rings. The van der Waals surface area contributed by atoms with E-state index in [2.05, 4.69) is 17.2 Å². The zero-order valence-corrected chi connectivity index (χ0v) is 12.2. The van der Waals surface area contributed by atoms with E-state index in [1.165, 1.54) is 6.20 Å². The molecule has 1 N–H and O–H groups in total. The minimum absolute atomic E-state index is 0.165. The Morgan fingerprint density at radius 2 is 2.14 bits per heavy atom. The number of amides is 1. The van der Waals surface area contributed by atoms with Crippen LogP contribution in [0.15, 0.2) is 36.3 Å². The molecular formula is C16H20N4O. The Labute approximate surface area is 125 Å². The summed E-state index contributed by atoms with van der Waals surface area (Å²) in [4.78, 5) is 18.0.